The number of hydrogen-bond donors (Lipinski definition) is 2. The van der Waals surface area contributed by atoms with Crippen molar-refractivity contribution in [2.24, 2.45) is 0 Å². The highest BCUT2D eigenvalue weighted by Gasteiger charge is 2.24. The quantitative estimate of drug-likeness (QED) is 0.698. The van der Waals surface area contributed by atoms with Crippen LogP contribution in [0.25, 0.3) is 0 Å². The SMILES string of the molecule is CN1CCOC(c2nc3c(c(=O)[nH]2)CNCC3)C1. The molecule has 0 radical (unpaired) electrons. The summed E-state index contributed by atoms with van der Waals surface area (Å²) in [6.45, 7) is 3.89. The Morgan fingerprint density at radius 2 is 2.39 bits per heavy atom. The summed E-state index contributed by atoms with van der Waals surface area (Å²) in [6, 6.07) is 0. The average Bonchev–Trinajstić information content (AvgIpc) is 2.39. The molecule has 2 N–H and O–H groups in total. The van der Waals surface area contributed by atoms with Crippen molar-refractivity contribution in [1.29, 1.82) is 0 Å². The zero-order chi connectivity index (χ0) is 12.5. The Morgan fingerprint density at radius 3 is 3.22 bits per heavy atom. The maximum absolute atomic E-state index is 12.0. The van der Waals surface area contributed by atoms with Crippen molar-refractivity contribution in [3.8, 4) is 0 Å². The Balaban J connectivity index is 1.93. The van der Waals surface area contributed by atoms with E-state index in [9.17, 15) is 4.79 Å². The van der Waals surface area contributed by atoms with E-state index < -0.39 is 0 Å². The molecule has 1 saturated heterocycles. The van der Waals surface area contributed by atoms with Crippen LogP contribution in [0, 0.1) is 0 Å². The highest BCUT2D eigenvalue weighted by Crippen LogP contribution is 2.18. The van der Waals surface area contributed by atoms with Crippen LogP contribution in [0.2, 0.25) is 0 Å². The summed E-state index contributed by atoms with van der Waals surface area (Å²) in [5.74, 6) is 0.673. The molecule has 1 fully saturated rings. The maximum Gasteiger partial charge on any atom is 0.255 e. The third-order valence-corrected chi connectivity index (χ3v) is 3.53. The first kappa shape index (κ1) is 11.8. The first-order valence-electron chi connectivity index (χ1n) is 6.37. The number of H-pyrrole nitrogens is 1. The zero-order valence-corrected chi connectivity index (χ0v) is 10.5. The molecule has 2 aliphatic heterocycles. The van der Waals surface area contributed by atoms with Gasteiger partial charge in [-0.3, -0.25) is 4.79 Å². The molecule has 0 spiro atoms. The van der Waals surface area contributed by atoms with Crippen LogP contribution in [0.1, 0.15) is 23.2 Å². The molecule has 98 valence electrons. The average molecular weight is 250 g/mol. The van der Waals surface area contributed by atoms with Crippen molar-refractivity contribution in [2.45, 2.75) is 19.1 Å². The second kappa shape index (κ2) is 4.79. The van der Waals surface area contributed by atoms with Gasteiger partial charge in [-0.05, 0) is 7.05 Å². The van der Waals surface area contributed by atoms with Gasteiger partial charge in [0, 0.05) is 32.6 Å². The molecule has 0 aromatic carbocycles. The molecule has 3 rings (SSSR count). The van der Waals surface area contributed by atoms with Gasteiger partial charge in [0.25, 0.3) is 5.56 Å². The molecule has 3 heterocycles. The van der Waals surface area contributed by atoms with Crippen LogP contribution in [-0.2, 0) is 17.7 Å². The second-order valence-electron chi connectivity index (χ2n) is 4.92. The molecule has 0 aliphatic carbocycles. The minimum absolute atomic E-state index is 0.0287. The number of aromatic amines is 1. The Bertz CT molecular complexity index is 499. The van der Waals surface area contributed by atoms with Crippen molar-refractivity contribution in [2.75, 3.05) is 33.3 Å². The van der Waals surface area contributed by atoms with Crippen LogP contribution in [0.3, 0.4) is 0 Å². The summed E-state index contributed by atoms with van der Waals surface area (Å²) in [7, 11) is 2.05. The first-order valence-corrected chi connectivity index (χ1v) is 6.37. The molecule has 1 aromatic rings. The molecular formula is C12H18N4O2. The Kier molecular flexibility index (Phi) is 3.15. The molecule has 6 nitrogen and oxygen atoms in total. The van der Waals surface area contributed by atoms with Gasteiger partial charge >= 0.3 is 0 Å². The molecule has 1 unspecified atom stereocenters. The van der Waals surface area contributed by atoms with Crippen molar-refractivity contribution in [3.63, 3.8) is 0 Å². The van der Waals surface area contributed by atoms with Crippen molar-refractivity contribution in [1.82, 2.24) is 20.2 Å². The van der Waals surface area contributed by atoms with Gasteiger partial charge < -0.3 is 19.9 Å². The van der Waals surface area contributed by atoms with Gasteiger partial charge in [0.2, 0.25) is 0 Å². The van der Waals surface area contributed by atoms with Crippen LogP contribution in [0.4, 0.5) is 0 Å². The lowest BCUT2D eigenvalue weighted by atomic mass is 10.1. The summed E-state index contributed by atoms with van der Waals surface area (Å²) in [6.07, 6.45) is 0.700. The van der Waals surface area contributed by atoms with Crippen LogP contribution in [-0.4, -0.2) is 48.2 Å². The fourth-order valence-electron chi connectivity index (χ4n) is 2.47. The molecule has 0 saturated carbocycles. The zero-order valence-electron chi connectivity index (χ0n) is 10.5. The van der Waals surface area contributed by atoms with Gasteiger partial charge in [-0.1, -0.05) is 0 Å². The van der Waals surface area contributed by atoms with E-state index in [1.165, 1.54) is 0 Å². The smallest absolute Gasteiger partial charge is 0.255 e. The second-order valence-corrected chi connectivity index (χ2v) is 4.92. The fourth-order valence-corrected chi connectivity index (χ4v) is 2.47. The highest BCUT2D eigenvalue weighted by atomic mass is 16.5. The number of aromatic nitrogens is 2. The standard InChI is InChI=1S/C12H18N4O2/c1-16-4-5-18-10(7-16)11-14-9-2-3-13-6-8(9)12(17)15-11/h10,13H,2-7H2,1H3,(H,14,15,17). The molecule has 0 bridgehead atoms. The lowest BCUT2D eigenvalue weighted by molar-refractivity contribution is -0.0257. The van der Waals surface area contributed by atoms with E-state index in [-0.39, 0.29) is 11.7 Å². The topological polar surface area (TPSA) is 70.2 Å². The monoisotopic (exact) mass is 250 g/mol. The lowest BCUT2D eigenvalue weighted by Crippen LogP contribution is -2.38. The predicted octanol–water partition coefficient (Wildman–Crippen LogP) is -0.581. The first-order chi connectivity index (χ1) is 8.74. The number of morpholine rings is 1. The Morgan fingerprint density at radius 1 is 1.50 bits per heavy atom. The van der Waals surface area contributed by atoms with E-state index in [0.717, 1.165) is 37.3 Å². The van der Waals surface area contributed by atoms with Crippen molar-refractivity contribution < 1.29 is 4.74 Å². The Hall–Kier alpha value is -1.24. The van der Waals surface area contributed by atoms with Gasteiger partial charge in [0.05, 0.1) is 17.9 Å². The number of rotatable bonds is 1. The molecule has 18 heavy (non-hydrogen) atoms. The van der Waals surface area contributed by atoms with Crippen molar-refractivity contribution >= 4 is 0 Å². The van der Waals surface area contributed by atoms with E-state index >= 15 is 0 Å². The van der Waals surface area contributed by atoms with E-state index in [4.69, 9.17) is 4.74 Å². The minimum Gasteiger partial charge on any atom is -0.368 e. The van der Waals surface area contributed by atoms with Gasteiger partial charge in [0.15, 0.2) is 0 Å². The number of nitrogens with one attached hydrogen (secondary N) is 2. The van der Waals surface area contributed by atoms with Crippen LogP contribution in [0.15, 0.2) is 4.79 Å². The van der Waals surface area contributed by atoms with Crippen molar-refractivity contribution in [3.05, 3.63) is 27.4 Å². The van der Waals surface area contributed by atoms with Crippen LogP contribution >= 0.6 is 0 Å². The fraction of sp³-hybridized carbons (Fsp3) is 0.667. The number of likely N-dealkylation sites (N-methyl/N-ethyl adjacent to an activating group) is 1. The number of hydrogen-bond acceptors (Lipinski definition) is 5. The minimum atomic E-state index is -0.114. The molecule has 6 heteroatoms. The van der Waals surface area contributed by atoms with Gasteiger partial charge in [-0.2, -0.15) is 0 Å². The largest absolute Gasteiger partial charge is 0.368 e. The third kappa shape index (κ3) is 2.19. The molecule has 2 aliphatic rings. The maximum atomic E-state index is 12.0. The Labute approximate surface area is 105 Å². The van der Waals surface area contributed by atoms with E-state index in [1.807, 2.05) is 0 Å². The van der Waals surface area contributed by atoms with E-state index in [2.05, 4.69) is 27.2 Å². The van der Waals surface area contributed by atoms with E-state index in [0.29, 0.717) is 19.0 Å². The number of fused-ring (bicyclic) bond motifs is 1. The number of ether oxygens (including phenoxy) is 1. The summed E-state index contributed by atoms with van der Waals surface area (Å²) >= 11 is 0. The normalized spacial score (nSPS) is 24.8. The molecule has 0 amide bonds. The lowest BCUT2D eigenvalue weighted by Gasteiger charge is -2.29. The van der Waals surface area contributed by atoms with Gasteiger partial charge in [0.1, 0.15) is 11.9 Å². The number of nitrogens with zero attached hydrogens (tertiary/aromatic N) is 2. The summed E-state index contributed by atoms with van der Waals surface area (Å²) in [5, 5.41) is 3.19. The summed E-state index contributed by atoms with van der Waals surface area (Å²) in [4.78, 5) is 21.6. The molecule has 1 aromatic heterocycles. The predicted molar refractivity (Wildman–Crippen MR) is 66.5 cm³/mol. The highest BCUT2D eigenvalue weighted by molar-refractivity contribution is 5.21. The summed E-state index contributed by atoms with van der Waals surface area (Å²) < 4.78 is 5.69. The third-order valence-electron chi connectivity index (χ3n) is 3.53. The van der Waals surface area contributed by atoms with E-state index in [1.54, 1.807) is 0 Å². The molecule has 1 atom stereocenters. The van der Waals surface area contributed by atoms with Crippen LogP contribution < -0.4 is 10.9 Å². The van der Waals surface area contributed by atoms with Gasteiger partial charge in [-0.15, -0.1) is 0 Å². The van der Waals surface area contributed by atoms with Gasteiger partial charge in [-0.25, -0.2) is 4.98 Å². The summed E-state index contributed by atoms with van der Waals surface area (Å²) in [5.41, 5.74) is 1.66. The van der Waals surface area contributed by atoms with Crippen LogP contribution in [0.5, 0.6) is 0 Å². The molecular weight excluding hydrogens is 232 g/mol.